The molecular weight excluding hydrogens is 230 g/mol. The minimum Gasteiger partial charge on any atom is -0.369 e. The highest BCUT2D eigenvalue weighted by Gasteiger charge is 2.48. The smallest absolute Gasteiger partial charge is 0.0681 e. The molecule has 2 N–H and O–H groups in total. The summed E-state index contributed by atoms with van der Waals surface area (Å²) in [4.78, 5) is 2.60. The van der Waals surface area contributed by atoms with Crippen molar-refractivity contribution >= 4 is 11.3 Å². The number of nitrogens with two attached hydrogens (primary N) is 1. The van der Waals surface area contributed by atoms with Gasteiger partial charge in [-0.05, 0) is 53.2 Å². The lowest BCUT2D eigenvalue weighted by atomic mass is 9.81. The molecule has 0 spiro atoms. The van der Waals surface area contributed by atoms with Crippen LogP contribution in [0.25, 0.3) is 0 Å². The average Bonchev–Trinajstić information content (AvgIpc) is 2.66. The van der Waals surface area contributed by atoms with E-state index < -0.39 is 0 Å². The Morgan fingerprint density at radius 1 is 1.35 bits per heavy atom. The summed E-state index contributed by atoms with van der Waals surface area (Å²) >= 11 is 1.80. The average molecular weight is 253 g/mol. The summed E-state index contributed by atoms with van der Waals surface area (Å²) in [5.41, 5.74) is 6.25. The molecule has 96 valence electrons. The molecular formula is C14H23NOS. The summed E-state index contributed by atoms with van der Waals surface area (Å²) in [5.74, 6) is 0.385. The largest absolute Gasteiger partial charge is 0.369 e. The van der Waals surface area contributed by atoms with Crippen LogP contribution < -0.4 is 5.73 Å². The van der Waals surface area contributed by atoms with Crippen LogP contribution in [-0.2, 0) is 4.74 Å². The first-order chi connectivity index (χ1) is 7.71. The molecule has 0 saturated carbocycles. The molecule has 0 bridgehead atoms. The Hall–Kier alpha value is -0.380. The number of ether oxygens (including phenoxy) is 1. The molecule has 0 aromatic carbocycles. The van der Waals surface area contributed by atoms with Crippen LogP contribution in [0.1, 0.15) is 49.9 Å². The van der Waals surface area contributed by atoms with Crippen LogP contribution in [-0.4, -0.2) is 11.2 Å². The fourth-order valence-electron chi connectivity index (χ4n) is 3.00. The van der Waals surface area contributed by atoms with E-state index in [9.17, 15) is 0 Å². The summed E-state index contributed by atoms with van der Waals surface area (Å²) in [5, 5.41) is 0. The molecule has 2 unspecified atom stereocenters. The first kappa shape index (κ1) is 13.1. The molecule has 2 atom stereocenters. The molecule has 2 nitrogen and oxygen atoms in total. The highest BCUT2D eigenvalue weighted by atomic mass is 32.1. The standard InChI is InChI=1S/C14H23NOS/c1-9-6-7-11(17-9)12(15)10-8-13(2,3)16-14(10,4)5/h6-7,10,12H,8,15H2,1-5H3. The molecule has 1 aromatic rings. The zero-order valence-corrected chi connectivity index (χ0v) is 12.2. The van der Waals surface area contributed by atoms with Crippen molar-refractivity contribution in [2.75, 3.05) is 0 Å². The Morgan fingerprint density at radius 2 is 2.00 bits per heavy atom. The highest BCUT2D eigenvalue weighted by Crippen LogP contribution is 2.47. The molecule has 2 rings (SSSR count). The van der Waals surface area contributed by atoms with Crippen LogP contribution in [0.5, 0.6) is 0 Å². The van der Waals surface area contributed by atoms with Crippen LogP contribution in [0.4, 0.5) is 0 Å². The normalized spacial score (nSPS) is 28.2. The molecule has 0 radical (unpaired) electrons. The van der Waals surface area contributed by atoms with Crippen LogP contribution in [0, 0.1) is 12.8 Å². The number of aryl methyl sites for hydroxylation is 1. The molecule has 1 aromatic heterocycles. The Morgan fingerprint density at radius 3 is 2.41 bits per heavy atom. The second kappa shape index (κ2) is 4.08. The van der Waals surface area contributed by atoms with E-state index in [2.05, 4.69) is 46.8 Å². The molecule has 17 heavy (non-hydrogen) atoms. The van der Waals surface area contributed by atoms with Crippen molar-refractivity contribution in [2.45, 2.75) is 58.3 Å². The Balaban J connectivity index is 2.23. The van der Waals surface area contributed by atoms with Crippen molar-refractivity contribution in [3.05, 3.63) is 21.9 Å². The van der Waals surface area contributed by atoms with Gasteiger partial charge in [0, 0.05) is 21.7 Å². The molecule has 1 saturated heterocycles. The van der Waals surface area contributed by atoms with Crippen molar-refractivity contribution in [1.82, 2.24) is 0 Å². The van der Waals surface area contributed by atoms with Crippen LogP contribution in [0.15, 0.2) is 12.1 Å². The minimum atomic E-state index is -0.138. The minimum absolute atomic E-state index is 0.0574. The molecule has 1 aliphatic heterocycles. The van der Waals surface area contributed by atoms with E-state index in [1.807, 2.05) is 0 Å². The van der Waals surface area contributed by atoms with Gasteiger partial charge in [-0.3, -0.25) is 0 Å². The second-order valence-corrected chi connectivity index (χ2v) is 7.57. The highest BCUT2D eigenvalue weighted by molar-refractivity contribution is 7.12. The van der Waals surface area contributed by atoms with Crippen molar-refractivity contribution in [3.63, 3.8) is 0 Å². The summed E-state index contributed by atoms with van der Waals surface area (Å²) in [6, 6.07) is 4.39. The predicted molar refractivity (Wildman–Crippen MR) is 73.3 cm³/mol. The summed E-state index contributed by atoms with van der Waals surface area (Å²) in [7, 11) is 0. The van der Waals surface area contributed by atoms with Gasteiger partial charge < -0.3 is 10.5 Å². The summed E-state index contributed by atoms with van der Waals surface area (Å²) in [6.07, 6.45) is 1.03. The van der Waals surface area contributed by atoms with Crippen molar-refractivity contribution < 1.29 is 4.74 Å². The van der Waals surface area contributed by atoms with Crippen LogP contribution in [0.2, 0.25) is 0 Å². The third-order valence-electron chi connectivity index (χ3n) is 3.67. The Bertz CT molecular complexity index is 408. The van der Waals surface area contributed by atoms with Crippen LogP contribution in [0.3, 0.4) is 0 Å². The van der Waals surface area contributed by atoms with E-state index in [0.717, 1.165) is 6.42 Å². The van der Waals surface area contributed by atoms with Gasteiger partial charge in [0.1, 0.15) is 0 Å². The van der Waals surface area contributed by atoms with Gasteiger partial charge >= 0.3 is 0 Å². The Kier molecular flexibility index (Phi) is 3.13. The third kappa shape index (κ3) is 2.56. The third-order valence-corrected chi connectivity index (χ3v) is 4.77. The van der Waals surface area contributed by atoms with Crippen molar-refractivity contribution in [3.8, 4) is 0 Å². The zero-order valence-electron chi connectivity index (χ0n) is 11.4. The van der Waals surface area contributed by atoms with E-state index in [-0.39, 0.29) is 17.2 Å². The van der Waals surface area contributed by atoms with Gasteiger partial charge in [-0.15, -0.1) is 11.3 Å². The molecule has 0 amide bonds. The first-order valence-electron chi connectivity index (χ1n) is 6.23. The van der Waals surface area contributed by atoms with Gasteiger partial charge in [-0.25, -0.2) is 0 Å². The summed E-state index contributed by atoms with van der Waals surface area (Å²) in [6.45, 7) is 10.8. The molecule has 1 fully saturated rings. The van der Waals surface area contributed by atoms with Gasteiger partial charge in [-0.2, -0.15) is 0 Å². The van der Waals surface area contributed by atoms with Gasteiger partial charge in [-0.1, -0.05) is 0 Å². The lowest BCUT2D eigenvalue weighted by Crippen LogP contribution is -2.35. The van der Waals surface area contributed by atoms with Gasteiger partial charge in [0.25, 0.3) is 0 Å². The van der Waals surface area contributed by atoms with E-state index in [1.54, 1.807) is 11.3 Å². The van der Waals surface area contributed by atoms with Gasteiger partial charge in [0.05, 0.1) is 11.2 Å². The molecule has 0 aliphatic carbocycles. The maximum Gasteiger partial charge on any atom is 0.0681 e. The molecule has 1 aliphatic rings. The van der Waals surface area contributed by atoms with Crippen molar-refractivity contribution in [1.29, 1.82) is 0 Å². The van der Waals surface area contributed by atoms with Crippen molar-refractivity contribution in [2.24, 2.45) is 11.7 Å². The van der Waals surface area contributed by atoms with E-state index in [4.69, 9.17) is 10.5 Å². The Labute approximate surface area is 108 Å². The lowest BCUT2D eigenvalue weighted by molar-refractivity contribution is -0.0766. The number of hydrogen-bond donors (Lipinski definition) is 1. The summed E-state index contributed by atoms with van der Waals surface area (Å²) < 4.78 is 6.12. The fraction of sp³-hybridized carbons (Fsp3) is 0.714. The van der Waals surface area contributed by atoms with E-state index >= 15 is 0 Å². The second-order valence-electron chi connectivity index (χ2n) is 6.25. The topological polar surface area (TPSA) is 35.2 Å². The first-order valence-corrected chi connectivity index (χ1v) is 7.05. The van der Waals surface area contributed by atoms with E-state index in [1.165, 1.54) is 9.75 Å². The number of thiophene rings is 1. The lowest BCUT2D eigenvalue weighted by Gasteiger charge is -2.30. The zero-order chi connectivity index (χ0) is 12.8. The SMILES string of the molecule is Cc1ccc(C(N)C2CC(C)(C)OC2(C)C)s1. The van der Waals surface area contributed by atoms with Crippen LogP contribution >= 0.6 is 11.3 Å². The quantitative estimate of drug-likeness (QED) is 0.873. The fourth-order valence-corrected chi connectivity index (χ4v) is 3.94. The van der Waals surface area contributed by atoms with E-state index in [0.29, 0.717) is 5.92 Å². The predicted octanol–water partition coefficient (Wildman–Crippen LogP) is 3.65. The maximum absolute atomic E-state index is 6.44. The van der Waals surface area contributed by atoms with Gasteiger partial charge in [0.2, 0.25) is 0 Å². The van der Waals surface area contributed by atoms with Gasteiger partial charge in [0.15, 0.2) is 0 Å². The monoisotopic (exact) mass is 253 g/mol. The molecule has 3 heteroatoms. The maximum atomic E-state index is 6.44. The number of hydrogen-bond acceptors (Lipinski definition) is 3. The molecule has 2 heterocycles. The number of rotatable bonds is 2.